The van der Waals surface area contributed by atoms with Gasteiger partial charge in [-0.05, 0) is 29.7 Å². The minimum atomic E-state index is -0.0907. The first kappa shape index (κ1) is 15.0. The summed E-state index contributed by atoms with van der Waals surface area (Å²) in [4.78, 5) is 24.0. The smallest absolute Gasteiger partial charge is 0.198 e. The Morgan fingerprint density at radius 1 is 0.950 bits per heavy atom. The first-order valence-corrected chi connectivity index (χ1v) is 7.22. The van der Waals surface area contributed by atoms with Crippen LogP contribution in [0.3, 0.4) is 0 Å². The van der Waals surface area contributed by atoms with E-state index >= 15 is 0 Å². The van der Waals surface area contributed by atoms with Crippen molar-refractivity contribution in [3.63, 3.8) is 0 Å². The molecular weight excluding hydrogens is 252 g/mol. The quantitative estimate of drug-likeness (QED) is 0.767. The van der Waals surface area contributed by atoms with E-state index in [-0.39, 0.29) is 22.4 Å². The number of ketones is 2. The maximum Gasteiger partial charge on any atom is 0.198 e. The van der Waals surface area contributed by atoms with Crippen LogP contribution in [0.15, 0.2) is 23.2 Å². The van der Waals surface area contributed by atoms with Gasteiger partial charge in [-0.25, -0.2) is 0 Å². The number of carbonyl (C=O) groups excluding carboxylic acids is 2. The first-order valence-electron chi connectivity index (χ1n) is 7.22. The van der Waals surface area contributed by atoms with Crippen molar-refractivity contribution in [2.45, 2.75) is 60.3 Å². The highest BCUT2D eigenvalue weighted by Gasteiger charge is 2.35. The number of ether oxygens (including phenoxy) is 1. The zero-order valence-corrected chi connectivity index (χ0v) is 13.1. The minimum absolute atomic E-state index is 0.00403. The topological polar surface area (TPSA) is 43.4 Å². The van der Waals surface area contributed by atoms with E-state index in [2.05, 4.69) is 13.8 Å². The van der Waals surface area contributed by atoms with Crippen molar-refractivity contribution in [3.8, 4) is 0 Å². The van der Waals surface area contributed by atoms with Crippen LogP contribution in [-0.2, 0) is 14.3 Å². The summed E-state index contributed by atoms with van der Waals surface area (Å²) in [5.41, 5.74) is 0.902. The minimum Gasteiger partial charge on any atom is -0.458 e. The average Bonchev–Trinajstić information content (AvgIpc) is 2.19. The third kappa shape index (κ3) is 3.38. The van der Waals surface area contributed by atoms with Crippen molar-refractivity contribution in [2.24, 2.45) is 10.8 Å². The molecule has 0 radical (unpaired) electrons. The second kappa shape index (κ2) is 4.87. The second-order valence-corrected chi connectivity index (χ2v) is 7.75. The number of Topliss-reactive ketones (excluding diaryl/α,β-unsaturated/α-hetero) is 1. The highest BCUT2D eigenvalue weighted by Crippen LogP contribution is 2.40. The molecule has 0 heterocycles. The van der Waals surface area contributed by atoms with Gasteiger partial charge in [-0.15, -0.1) is 0 Å². The fourth-order valence-corrected chi connectivity index (χ4v) is 3.24. The van der Waals surface area contributed by atoms with Gasteiger partial charge in [-0.3, -0.25) is 9.59 Å². The van der Waals surface area contributed by atoms with Crippen molar-refractivity contribution < 1.29 is 14.3 Å². The summed E-state index contributed by atoms with van der Waals surface area (Å²) in [6, 6.07) is 0. The van der Waals surface area contributed by atoms with Crippen molar-refractivity contribution in [2.75, 3.05) is 0 Å². The number of hydrogen-bond donors (Lipinski definition) is 0. The van der Waals surface area contributed by atoms with E-state index in [9.17, 15) is 9.59 Å². The molecule has 0 N–H and O–H groups in total. The van der Waals surface area contributed by atoms with Crippen molar-refractivity contribution in [3.05, 3.63) is 23.2 Å². The van der Waals surface area contributed by atoms with Gasteiger partial charge in [0.2, 0.25) is 0 Å². The summed E-state index contributed by atoms with van der Waals surface area (Å²) < 4.78 is 5.83. The molecule has 20 heavy (non-hydrogen) atoms. The Morgan fingerprint density at radius 3 is 2.10 bits per heavy atom. The Kier molecular flexibility index (Phi) is 3.66. The number of rotatable bonds is 2. The lowest BCUT2D eigenvalue weighted by Crippen LogP contribution is -2.28. The molecule has 0 saturated heterocycles. The molecule has 0 aromatic rings. The Labute approximate surface area is 121 Å². The molecule has 0 aliphatic heterocycles. The standard InChI is InChI=1S/C17H24O3/c1-11-7-16(2,3)10-14(19)15(11)20-13-6-12(18)8-17(4,5)9-13/h6H,7-10H2,1-5H3. The van der Waals surface area contributed by atoms with Crippen LogP contribution in [0.5, 0.6) is 0 Å². The summed E-state index contributed by atoms with van der Waals surface area (Å²) >= 11 is 0. The van der Waals surface area contributed by atoms with E-state index < -0.39 is 0 Å². The molecule has 2 aliphatic carbocycles. The molecule has 0 unspecified atom stereocenters. The van der Waals surface area contributed by atoms with Crippen LogP contribution in [0.2, 0.25) is 0 Å². The van der Waals surface area contributed by atoms with Gasteiger partial charge < -0.3 is 4.74 Å². The molecule has 0 saturated carbocycles. The summed E-state index contributed by atoms with van der Waals surface area (Å²) in [7, 11) is 0. The highest BCUT2D eigenvalue weighted by atomic mass is 16.5. The van der Waals surface area contributed by atoms with E-state index in [1.165, 1.54) is 0 Å². The largest absolute Gasteiger partial charge is 0.458 e. The lowest BCUT2D eigenvalue weighted by molar-refractivity contribution is -0.122. The maximum atomic E-state index is 12.2. The van der Waals surface area contributed by atoms with E-state index in [4.69, 9.17) is 4.74 Å². The predicted octanol–water partition coefficient (Wildman–Crippen LogP) is 3.94. The van der Waals surface area contributed by atoms with Crippen molar-refractivity contribution in [1.29, 1.82) is 0 Å². The van der Waals surface area contributed by atoms with Crippen LogP contribution in [-0.4, -0.2) is 11.6 Å². The van der Waals surface area contributed by atoms with Crippen LogP contribution in [0.25, 0.3) is 0 Å². The molecule has 2 aliphatic rings. The van der Waals surface area contributed by atoms with Gasteiger partial charge >= 0.3 is 0 Å². The van der Waals surface area contributed by atoms with Crippen LogP contribution in [0.1, 0.15) is 60.3 Å². The normalized spacial score (nSPS) is 25.6. The van der Waals surface area contributed by atoms with E-state index in [0.717, 1.165) is 12.0 Å². The zero-order valence-electron chi connectivity index (χ0n) is 13.1. The monoisotopic (exact) mass is 276 g/mol. The Morgan fingerprint density at radius 2 is 1.55 bits per heavy atom. The maximum absolute atomic E-state index is 12.2. The fraction of sp³-hybridized carbons (Fsp3) is 0.647. The number of allylic oxidation sites excluding steroid dienone is 4. The van der Waals surface area contributed by atoms with Crippen LogP contribution >= 0.6 is 0 Å². The van der Waals surface area contributed by atoms with Crippen LogP contribution in [0, 0.1) is 10.8 Å². The molecule has 3 nitrogen and oxygen atoms in total. The van der Waals surface area contributed by atoms with Gasteiger partial charge in [0.25, 0.3) is 0 Å². The molecule has 2 rings (SSSR count). The molecule has 0 bridgehead atoms. The molecule has 0 spiro atoms. The molecule has 0 aromatic heterocycles. The summed E-state index contributed by atoms with van der Waals surface area (Å²) in [5.74, 6) is 1.23. The lowest BCUT2D eigenvalue weighted by atomic mass is 9.76. The SMILES string of the molecule is CC1=C(OC2=CC(=O)CC(C)(C)C2)C(=O)CC(C)(C)C1. The number of carbonyl (C=O) groups is 2. The van der Waals surface area contributed by atoms with Crippen molar-refractivity contribution >= 4 is 11.6 Å². The summed E-state index contributed by atoms with van der Waals surface area (Å²) in [6.07, 6.45) is 4.16. The summed E-state index contributed by atoms with van der Waals surface area (Å²) in [6.45, 7) is 10.2. The zero-order chi connectivity index (χ0) is 15.1. The molecule has 0 atom stereocenters. The third-order valence-electron chi connectivity index (χ3n) is 3.88. The summed E-state index contributed by atoms with van der Waals surface area (Å²) in [5, 5.41) is 0. The Hall–Kier alpha value is -1.38. The van der Waals surface area contributed by atoms with E-state index in [0.29, 0.717) is 30.8 Å². The van der Waals surface area contributed by atoms with Crippen molar-refractivity contribution in [1.82, 2.24) is 0 Å². The lowest BCUT2D eigenvalue weighted by Gasteiger charge is -2.33. The van der Waals surface area contributed by atoms with Gasteiger partial charge in [-0.1, -0.05) is 27.7 Å². The molecule has 3 heteroatoms. The fourth-order valence-electron chi connectivity index (χ4n) is 3.24. The van der Waals surface area contributed by atoms with E-state index in [1.54, 1.807) is 6.08 Å². The predicted molar refractivity (Wildman–Crippen MR) is 77.9 cm³/mol. The average molecular weight is 276 g/mol. The van der Waals surface area contributed by atoms with E-state index in [1.807, 2.05) is 20.8 Å². The Bertz CT molecular complexity index is 518. The van der Waals surface area contributed by atoms with Gasteiger partial charge in [0.1, 0.15) is 5.76 Å². The van der Waals surface area contributed by atoms with Gasteiger partial charge in [-0.2, -0.15) is 0 Å². The number of hydrogen-bond acceptors (Lipinski definition) is 3. The molecule has 110 valence electrons. The third-order valence-corrected chi connectivity index (χ3v) is 3.88. The van der Waals surface area contributed by atoms with Crippen LogP contribution in [0.4, 0.5) is 0 Å². The first-order chi connectivity index (χ1) is 9.08. The van der Waals surface area contributed by atoms with Gasteiger partial charge in [0.15, 0.2) is 17.3 Å². The molecular formula is C17H24O3. The molecule has 0 fully saturated rings. The highest BCUT2D eigenvalue weighted by molar-refractivity contribution is 5.96. The Balaban J connectivity index is 2.22. The molecule has 0 amide bonds. The second-order valence-electron chi connectivity index (χ2n) is 7.75. The van der Waals surface area contributed by atoms with Gasteiger partial charge in [0.05, 0.1) is 0 Å². The van der Waals surface area contributed by atoms with Gasteiger partial charge in [0, 0.05) is 25.3 Å². The molecule has 0 aromatic carbocycles. The van der Waals surface area contributed by atoms with Crippen LogP contribution < -0.4 is 0 Å².